The molecule has 0 heterocycles. The highest BCUT2D eigenvalue weighted by Gasteiger charge is 2.03. The molecular weight excluding hydrogens is 264 g/mol. The van der Waals surface area contributed by atoms with E-state index in [9.17, 15) is 0 Å². The standard InChI is InChI=1S/C22H20/c1-4-10-19(11-5-1)16-17-22(21-14-8-3-9-15-21)18-20-12-6-2-7-13-20/h1-15,17H,16,18H2/b22-17-. The van der Waals surface area contributed by atoms with Crippen LogP contribution < -0.4 is 0 Å². The largest absolute Gasteiger partial charge is 0.0760 e. The van der Waals surface area contributed by atoms with Crippen LogP contribution in [0.25, 0.3) is 5.57 Å². The minimum absolute atomic E-state index is 0.970. The second-order valence-corrected chi connectivity index (χ2v) is 5.45. The Morgan fingerprint density at radius 1 is 0.591 bits per heavy atom. The van der Waals surface area contributed by atoms with Crippen LogP contribution in [0.2, 0.25) is 0 Å². The van der Waals surface area contributed by atoms with Crippen molar-refractivity contribution in [2.45, 2.75) is 12.8 Å². The molecule has 0 saturated carbocycles. The van der Waals surface area contributed by atoms with Gasteiger partial charge in [-0.1, -0.05) is 97.1 Å². The van der Waals surface area contributed by atoms with E-state index in [1.165, 1.54) is 22.3 Å². The molecule has 0 unspecified atom stereocenters. The lowest BCUT2D eigenvalue weighted by Crippen LogP contribution is -1.92. The highest BCUT2D eigenvalue weighted by molar-refractivity contribution is 5.68. The van der Waals surface area contributed by atoms with Crippen LogP contribution in [0.4, 0.5) is 0 Å². The van der Waals surface area contributed by atoms with E-state index in [2.05, 4.69) is 97.1 Å². The van der Waals surface area contributed by atoms with E-state index in [4.69, 9.17) is 0 Å². The SMILES string of the molecule is C(/Cc1ccccc1)=C(\Cc1ccccc1)c1ccccc1. The van der Waals surface area contributed by atoms with Gasteiger partial charge < -0.3 is 0 Å². The van der Waals surface area contributed by atoms with Gasteiger partial charge in [-0.25, -0.2) is 0 Å². The second-order valence-electron chi connectivity index (χ2n) is 5.45. The zero-order valence-electron chi connectivity index (χ0n) is 12.7. The van der Waals surface area contributed by atoms with Gasteiger partial charge in [0.15, 0.2) is 0 Å². The summed E-state index contributed by atoms with van der Waals surface area (Å²) in [7, 11) is 0. The van der Waals surface area contributed by atoms with E-state index in [0.29, 0.717) is 0 Å². The Morgan fingerprint density at radius 2 is 1.09 bits per heavy atom. The normalized spacial score (nSPS) is 11.4. The van der Waals surface area contributed by atoms with Crippen LogP contribution in [-0.2, 0) is 12.8 Å². The van der Waals surface area contributed by atoms with Crippen LogP contribution in [0.1, 0.15) is 16.7 Å². The fourth-order valence-corrected chi connectivity index (χ4v) is 2.62. The van der Waals surface area contributed by atoms with Crippen LogP contribution in [-0.4, -0.2) is 0 Å². The van der Waals surface area contributed by atoms with Gasteiger partial charge in [-0.05, 0) is 35.1 Å². The summed E-state index contributed by atoms with van der Waals surface area (Å²) < 4.78 is 0. The van der Waals surface area contributed by atoms with Gasteiger partial charge in [-0.15, -0.1) is 0 Å². The van der Waals surface area contributed by atoms with Crippen molar-refractivity contribution in [1.82, 2.24) is 0 Å². The van der Waals surface area contributed by atoms with Gasteiger partial charge in [0.05, 0.1) is 0 Å². The second kappa shape index (κ2) is 7.42. The molecule has 0 aliphatic rings. The first-order valence-electron chi connectivity index (χ1n) is 7.74. The Bertz CT molecular complexity index is 710. The van der Waals surface area contributed by atoms with Gasteiger partial charge >= 0.3 is 0 Å². The Balaban J connectivity index is 1.86. The van der Waals surface area contributed by atoms with Gasteiger partial charge in [0, 0.05) is 0 Å². The molecular formula is C22H20. The summed E-state index contributed by atoms with van der Waals surface area (Å²) >= 11 is 0. The van der Waals surface area contributed by atoms with Crippen molar-refractivity contribution < 1.29 is 0 Å². The van der Waals surface area contributed by atoms with E-state index < -0.39 is 0 Å². The maximum absolute atomic E-state index is 2.36. The molecule has 0 aliphatic heterocycles. The molecule has 0 atom stereocenters. The third-order valence-corrected chi connectivity index (χ3v) is 3.81. The van der Waals surface area contributed by atoms with Crippen LogP contribution >= 0.6 is 0 Å². The molecule has 0 heteroatoms. The van der Waals surface area contributed by atoms with E-state index >= 15 is 0 Å². The summed E-state index contributed by atoms with van der Waals surface area (Å²) in [5, 5.41) is 0. The lowest BCUT2D eigenvalue weighted by molar-refractivity contribution is 1.22. The van der Waals surface area contributed by atoms with Crippen LogP contribution in [0.3, 0.4) is 0 Å². The maximum Gasteiger partial charge on any atom is -0.00229 e. The minimum Gasteiger partial charge on any atom is -0.0760 e. The Hall–Kier alpha value is -2.60. The van der Waals surface area contributed by atoms with Crippen molar-refractivity contribution in [2.75, 3.05) is 0 Å². The summed E-state index contributed by atoms with van der Waals surface area (Å²) in [6.45, 7) is 0. The zero-order chi connectivity index (χ0) is 15.0. The smallest absolute Gasteiger partial charge is 0.00229 e. The molecule has 0 radical (unpaired) electrons. The first-order chi connectivity index (χ1) is 10.9. The van der Waals surface area contributed by atoms with Crippen molar-refractivity contribution in [1.29, 1.82) is 0 Å². The number of allylic oxidation sites excluding steroid dienone is 2. The number of benzene rings is 3. The lowest BCUT2D eigenvalue weighted by Gasteiger charge is -2.09. The highest BCUT2D eigenvalue weighted by Crippen LogP contribution is 2.20. The predicted octanol–water partition coefficient (Wildman–Crippen LogP) is 5.56. The lowest BCUT2D eigenvalue weighted by atomic mass is 9.96. The first kappa shape index (κ1) is 14.3. The van der Waals surface area contributed by atoms with E-state index in [1.54, 1.807) is 0 Å². The number of rotatable bonds is 5. The third-order valence-electron chi connectivity index (χ3n) is 3.81. The molecule has 0 aromatic heterocycles. The van der Waals surface area contributed by atoms with E-state index in [-0.39, 0.29) is 0 Å². The first-order valence-corrected chi connectivity index (χ1v) is 7.74. The fourth-order valence-electron chi connectivity index (χ4n) is 2.62. The fraction of sp³-hybridized carbons (Fsp3) is 0.0909. The summed E-state index contributed by atoms with van der Waals surface area (Å²) in [5.74, 6) is 0. The van der Waals surface area contributed by atoms with Gasteiger partial charge in [-0.2, -0.15) is 0 Å². The maximum atomic E-state index is 2.36. The van der Waals surface area contributed by atoms with Gasteiger partial charge in [0.2, 0.25) is 0 Å². The molecule has 0 bridgehead atoms. The quantitative estimate of drug-likeness (QED) is 0.575. The molecule has 3 rings (SSSR count). The van der Waals surface area contributed by atoms with Gasteiger partial charge in [0.25, 0.3) is 0 Å². The van der Waals surface area contributed by atoms with E-state index in [0.717, 1.165) is 12.8 Å². The van der Waals surface area contributed by atoms with Crippen molar-refractivity contribution in [3.8, 4) is 0 Å². The molecule has 0 aliphatic carbocycles. The summed E-state index contributed by atoms with van der Waals surface area (Å²) in [5.41, 5.74) is 5.40. The Labute approximate surface area is 132 Å². The predicted molar refractivity (Wildman–Crippen MR) is 94.7 cm³/mol. The van der Waals surface area contributed by atoms with Crippen molar-refractivity contribution >= 4 is 5.57 Å². The molecule has 22 heavy (non-hydrogen) atoms. The van der Waals surface area contributed by atoms with Crippen LogP contribution in [0.5, 0.6) is 0 Å². The highest BCUT2D eigenvalue weighted by atomic mass is 14.1. The Kier molecular flexibility index (Phi) is 4.84. The third kappa shape index (κ3) is 3.95. The molecule has 108 valence electrons. The average Bonchev–Trinajstić information content (AvgIpc) is 2.61. The summed E-state index contributed by atoms with van der Waals surface area (Å²) in [6.07, 6.45) is 4.30. The van der Waals surface area contributed by atoms with Crippen molar-refractivity contribution in [3.05, 3.63) is 114 Å². The number of hydrogen-bond donors (Lipinski definition) is 0. The average molecular weight is 284 g/mol. The van der Waals surface area contributed by atoms with Gasteiger partial charge in [-0.3, -0.25) is 0 Å². The zero-order valence-corrected chi connectivity index (χ0v) is 12.7. The molecule has 3 aromatic rings. The summed E-state index contributed by atoms with van der Waals surface area (Å²) in [4.78, 5) is 0. The van der Waals surface area contributed by atoms with Crippen molar-refractivity contribution in [3.63, 3.8) is 0 Å². The Morgan fingerprint density at radius 3 is 1.68 bits per heavy atom. The molecule has 0 fully saturated rings. The van der Waals surface area contributed by atoms with E-state index in [1.807, 2.05) is 0 Å². The molecule has 0 nitrogen and oxygen atoms in total. The summed E-state index contributed by atoms with van der Waals surface area (Å²) in [6, 6.07) is 32.0. The molecule has 3 aromatic carbocycles. The molecule has 0 saturated heterocycles. The topological polar surface area (TPSA) is 0 Å². The van der Waals surface area contributed by atoms with Crippen LogP contribution in [0, 0.1) is 0 Å². The van der Waals surface area contributed by atoms with Crippen molar-refractivity contribution in [2.24, 2.45) is 0 Å². The van der Waals surface area contributed by atoms with Gasteiger partial charge in [0.1, 0.15) is 0 Å². The molecule has 0 spiro atoms. The minimum atomic E-state index is 0.970. The number of hydrogen-bond acceptors (Lipinski definition) is 0. The van der Waals surface area contributed by atoms with Crippen LogP contribution in [0.15, 0.2) is 97.1 Å². The molecule has 0 amide bonds. The molecule has 0 N–H and O–H groups in total. The monoisotopic (exact) mass is 284 g/mol.